The van der Waals surface area contributed by atoms with E-state index in [2.05, 4.69) is 5.10 Å². The molecule has 0 N–H and O–H groups in total. The number of furan rings is 1. The minimum Gasteiger partial charge on any atom is -0.440 e. The van der Waals surface area contributed by atoms with E-state index in [-0.39, 0.29) is 16.9 Å². The SMILES string of the molecule is CN(Cc1cnn(C)c1)C(=O)c1ccc(Cl)o1. The molecule has 2 heterocycles. The minimum atomic E-state index is -0.208. The predicted octanol–water partition coefficient (Wildman–Crippen LogP) is 1.94. The number of amides is 1. The van der Waals surface area contributed by atoms with Gasteiger partial charge in [-0.3, -0.25) is 9.48 Å². The maximum absolute atomic E-state index is 11.9. The van der Waals surface area contributed by atoms with E-state index in [4.69, 9.17) is 16.0 Å². The molecular weight excluding hydrogens is 242 g/mol. The highest BCUT2D eigenvalue weighted by Crippen LogP contribution is 2.15. The highest BCUT2D eigenvalue weighted by atomic mass is 35.5. The second kappa shape index (κ2) is 4.63. The normalized spacial score (nSPS) is 10.5. The molecule has 0 aliphatic rings. The lowest BCUT2D eigenvalue weighted by Crippen LogP contribution is -2.25. The molecular formula is C11H12ClN3O2. The van der Waals surface area contributed by atoms with Gasteiger partial charge in [-0.1, -0.05) is 0 Å². The summed E-state index contributed by atoms with van der Waals surface area (Å²) in [4.78, 5) is 13.5. The Morgan fingerprint density at radius 1 is 1.59 bits per heavy atom. The van der Waals surface area contributed by atoms with Crippen molar-refractivity contribution in [2.75, 3.05) is 7.05 Å². The zero-order valence-corrected chi connectivity index (χ0v) is 10.3. The van der Waals surface area contributed by atoms with Crippen molar-refractivity contribution in [2.45, 2.75) is 6.54 Å². The van der Waals surface area contributed by atoms with Crippen molar-refractivity contribution in [2.24, 2.45) is 7.05 Å². The molecule has 2 aromatic rings. The van der Waals surface area contributed by atoms with Crippen molar-refractivity contribution in [3.8, 4) is 0 Å². The molecule has 17 heavy (non-hydrogen) atoms. The van der Waals surface area contributed by atoms with Crippen molar-refractivity contribution in [3.05, 3.63) is 41.1 Å². The number of hydrogen-bond donors (Lipinski definition) is 0. The molecule has 0 unspecified atom stereocenters. The molecule has 90 valence electrons. The van der Waals surface area contributed by atoms with Crippen LogP contribution in [0.4, 0.5) is 0 Å². The van der Waals surface area contributed by atoms with Gasteiger partial charge in [0, 0.05) is 32.4 Å². The van der Waals surface area contributed by atoms with Gasteiger partial charge in [-0.2, -0.15) is 5.10 Å². The van der Waals surface area contributed by atoms with Crippen molar-refractivity contribution in [3.63, 3.8) is 0 Å². The standard InChI is InChI=1S/C11H12ClN3O2/c1-14(6-8-5-13-15(2)7-8)11(16)9-3-4-10(12)17-9/h3-5,7H,6H2,1-2H3. The van der Waals surface area contributed by atoms with Crippen LogP contribution in [0.25, 0.3) is 0 Å². The predicted molar refractivity (Wildman–Crippen MR) is 62.7 cm³/mol. The van der Waals surface area contributed by atoms with Crippen LogP contribution in [0.15, 0.2) is 28.9 Å². The third kappa shape index (κ3) is 2.68. The van der Waals surface area contributed by atoms with E-state index < -0.39 is 0 Å². The van der Waals surface area contributed by atoms with Gasteiger partial charge in [0.25, 0.3) is 5.91 Å². The Hall–Kier alpha value is -1.75. The molecule has 0 aliphatic heterocycles. The van der Waals surface area contributed by atoms with Gasteiger partial charge in [-0.25, -0.2) is 0 Å². The lowest BCUT2D eigenvalue weighted by Gasteiger charge is -2.14. The largest absolute Gasteiger partial charge is 0.440 e. The summed E-state index contributed by atoms with van der Waals surface area (Å²) in [5.41, 5.74) is 0.959. The number of hydrogen-bond acceptors (Lipinski definition) is 3. The summed E-state index contributed by atoms with van der Waals surface area (Å²) in [6.45, 7) is 0.477. The van der Waals surface area contributed by atoms with Crippen LogP contribution in [0.5, 0.6) is 0 Å². The number of rotatable bonds is 3. The molecule has 0 fully saturated rings. The summed E-state index contributed by atoms with van der Waals surface area (Å²) in [6.07, 6.45) is 3.58. The maximum atomic E-state index is 11.9. The highest BCUT2D eigenvalue weighted by molar-refractivity contribution is 6.29. The van der Waals surface area contributed by atoms with E-state index in [1.54, 1.807) is 35.0 Å². The molecule has 0 radical (unpaired) electrons. The molecule has 2 aromatic heterocycles. The van der Waals surface area contributed by atoms with Gasteiger partial charge in [0.15, 0.2) is 11.0 Å². The first-order valence-corrected chi connectivity index (χ1v) is 5.42. The van der Waals surface area contributed by atoms with Crippen LogP contribution < -0.4 is 0 Å². The number of halogens is 1. The van der Waals surface area contributed by atoms with E-state index in [1.807, 2.05) is 13.2 Å². The van der Waals surface area contributed by atoms with Gasteiger partial charge in [0.2, 0.25) is 0 Å². The van der Waals surface area contributed by atoms with Crippen LogP contribution in [-0.4, -0.2) is 27.6 Å². The van der Waals surface area contributed by atoms with Gasteiger partial charge in [-0.15, -0.1) is 0 Å². The monoisotopic (exact) mass is 253 g/mol. The Morgan fingerprint density at radius 2 is 2.35 bits per heavy atom. The van der Waals surface area contributed by atoms with Gasteiger partial charge in [0.05, 0.1) is 6.20 Å². The fourth-order valence-corrected chi connectivity index (χ4v) is 1.66. The van der Waals surface area contributed by atoms with Crippen molar-refractivity contribution >= 4 is 17.5 Å². The molecule has 0 bridgehead atoms. The molecule has 0 saturated heterocycles. The molecule has 5 nitrogen and oxygen atoms in total. The van der Waals surface area contributed by atoms with Crippen LogP contribution in [0.2, 0.25) is 5.22 Å². The van der Waals surface area contributed by atoms with E-state index in [1.165, 1.54) is 0 Å². The summed E-state index contributed by atoms with van der Waals surface area (Å²) in [6, 6.07) is 3.11. The first-order valence-electron chi connectivity index (χ1n) is 5.04. The Kier molecular flexibility index (Phi) is 3.19. The number of carbonyl (C=O) groups excluding carboxylic acids is 1. The first-order chi connectivity index (χ1) is 8.06. The Morgan fingerprint density at radius 3 is 2.88 bits per heavy atom. The van der Waals surface area contributed by atoms with Crippen LogP contribution in [-0.2, 0) is 13.6 Å². The maximum Gasteiger partial charge on any atom is 0.289 e. The summed E-state index contributed by atoms with van der Waals surface area (Å²) in [5, 5.41) is 4.25. The molecule has 0 aliphatic carbocycles. The molecule has 0 spiro atoms. The van der Waals surface area contributed by atoms with Crippen LogP contribution in [0.1, 0.15) is 16.1 Å². The molecule has 2 rings (SSSR count). The lowest BCUT2D eigenvalue weighted by atomic mass is 10.3. The van der Waals surface area contributed by atoms with Crippen molar-refractivity contribution < 1.29 is 9.21 Å². The average molecular weight is 254 g/mol. The van der Waals surface area contributed by atoms with Crippen LogP contribution in [0.3, 0.4) is 0 Å². The van der Waals surface area contributed by atoms with E-state index in [9.17, 15) is 4.79 Å². The third-order valence-electron chi connectivity index (χ3n) is 2.31. The van der Waals surface area contributed by atoms with Crippen molar-refractivity contribution in [1.82, 2.24) is 14.7 Å². The highest BCUT2D eigenvalue weighted by Gasteiger charge is 2.16. The van der Waals surface area contributed by atoms with Gasteiger partial charge >= 0.3 is 0 Å². The molecule has 6 heteroatoms. The van der Waals surface area contributed by atoms with Gasteiger partial charge < -0.3 is 9.32 Å². The van der Waals surface area contributed by atoms with Crippen molar-refractivity contribution in [1.29, 1.82) is 0 Å². The molecule has 1 amide bonds. The molecule has 0 atom stereocenters. The summed E-state index contributed by atoms with van der Waals surface area (Å²) < 4.78 is 6.75. The minimum absolute atomic E-state index is 0.208. The van der Waals surface area contributed by atoms with Crippen LogP contribution >= 0.6 is 11.6 Å². The third-order valence-corrected chi connectivity index (χ3v) is 2.51. The fourth-order valence-electron chi connectivity index (χ4n) is 1.52. The second-order valence-electron chi connectivity index (χ2n) is 3.79. The van der Waals surface area contributed by atoms with E-state index >= 15 is 0 Å². The molecule has 0 aromatic carbocycles. The number of aryl methyl sites for hydroxylation is 1. The lowest BCUT2D eigenvalue weighted by molar-refractivity contribution is 0.0753. The second-order valence-corrected chi connectivity index (χ2v) is 4.16. The van der Waals surface area contributed by atoms with E-state index in [0.29, 0.717) is 6.54 Å². The average Bonchev–Trinajstić information content (AvgIpc) is 2.87. The number of aromatic nitrogens is 2. The Balaban J connectivity index is 2.05. The summed E-state index contributed by atoms with van der Waals surface area (Å²) in [7, 11) is 3.53. The quantitative estimate of drug-likeness (QED) is 0.840. The zero-order valence-electron chi connectivity index (χ0n) is 9.55. The van der Waals surface area contributed by atoms with Gasteiger partial charge in [-0.05, 0) is 23.7 Å². The smallest absolute Gasteiger partial charge is 0.289 e. The van der Waals surface area contributed by atoms with Gasteiger partial charge in [0.1, 0.15) is 0 Å². The zero-order chi connectivity index (χ0) is 12.4. The Bertz CT molecular complexity index is 532. The topological polar surface area (TPSA) is 51.3 Å². The summed E-state index contributed by atoms with van der Waals surface area (Å²) in [5.74, 6) is 0.0298. The summed E-state index contributed by atoms with van der Waals surface area (Å²) >= 11 is 5.62. The number of nitrogens with zero attached hydrogens (tertiary/aromatic N) is 3. The molecule has 0 saturated carbocycles. The Labute approximate surface area is 104 Å². The number of carbonyl (C=O) groups is 1. The van der Waals surface area contributed by atoms with Crippen LogP contribution in [0, 0.1) is 0 Å². The van der Waals surface area contributed by atoms with E-state index in [0.717, 1.165) is 5.56 Å². The fraction of sp³-hybridized carbons (Fsp3) is 0.273. The first kappa shape index (κ1) is 11.7.